The van der Waals surface area contributed by atoms with E-state index in [0.29, 0.717) is 21.9 Å². The zero-order chi connectivity index (χ0) is 17.1. The summed E-state index contributed by atoms with van der Waals surface area (Å²) in [4.78, 5) is 31.1. The van der Waals surface area contributed by atoms with E-state index in [0.717, 1.165) is 11.8 Å². The van der Waals surface area contributed by atoms with Crippen LogP contribution in [0.25, 0.3) is 0 Å². The van der Waals surface area contributed by atoms with E-state index < -0.39 is 31.8 Å². The molecule has 23 heavy (non-hydrogen) atoms. The Labute approximate surface area is 138 Å². The van der Waals surface area contributed by atoms with Crippen molar-refractivity contribution in [1.82, 2.24) is 0 Å². The van der Waals surface area contributed by atoms with Gasteiger partial charge in [0.15, 0.2) is 4.90 Å². The Bertz CT molecular complexity index is 791. The number of rotatable bonds is 5. The van der Waals surface area contributed by atoms with Crippen LogP contribution in [0.1, 0.15) is 0 Å². The zero-order valence-electron chi connectivity index (χ0n) is 11.1. The number of hydrogen-bond donors (Lipinski definition) is 1. The SMILES string of the molecule is O=[N+]([O-])c1cc([N+](=O)[O-])c(Sc2ccccc2S)c([N+](=O)[O-])c1. The number of non-ortho nitro benzene ring substituents is 1. The molecule has 118 valence electrons. The van der Waals surface area contributed by atoms with Crippen LogP contribution in [-0.4, -0.2) is 14.8 Å². The predicted octanol–water partition coefficient (Wildman–Crippen LogP) is 3.85. The van der Waals surface area contributed by atoms with Gasteiger partial charge in [0.2, 0.25) is 0 Å². The van der Waals surface area contributed by atoms with Gasteiger partial charge >= 0.3 is 0 Å². The molecule has 0 unspecified atom stereocenters. The van der Waals surface area contributed by atoms with Gasteiger partial charge in [-0.15, -0.1) is 12.6 Å². The minimum absolute atomic E-state index is 0.285. The molecule has 2 aromatic rings. The van der Waals surface area contributed by atoms with Crippen LogP contribution in [0.5, 0.6) is 0 Å². The summed E-state index contributed by atoms with van der Waals surface area (Å²) in [5.41, 5.74) is -2.12. The number of nitrogens with zero attached hydrogens (tertiary/aromatic N) is 3. The van der Waals surface area contributed by atoms with Crippen LogP contribution in [0.4, 0.5) is 17.1 Å². The molecule has 0 heterocycles. The lowest BCUT2D eigenvalue weighted by atomic mass is 10.2. The molecule has 0 amide bonds. The lowest BCUT2D eigenvalue weighted by Gasteiger charge is -2.06. The van der Waals surface area contributed by atoms with Crippen molar-refractivity contribution in [2.45, 2.75) is 14.7 Å². The third-order valence-electron chi connectivity index (χ3n) is 2.72. The summed E-state index contributed by atoms with van der Waals surface area (Å²) < 4.78 is 0. The number of benzene rings is 2. The zero-order valence-corrected chi connectivity index (χ0v) is 12.8. The molecule has 0 aliphatic rings. The molecule has 0 atom stereocenters. The molecule has 0 aliphatic carbocycles. The van der Waals surface area contributed by atoms with Crippen molar-refractivity contribution in [2.24, 2.45) is 0 Å². The molecule has 0 bridgehead atoms. The monoisotopic (exact) mass is 353 g/mol. The van der Waals surface area contributed by atoms with Crippen molar-refractivity contribution in [3.63, 3.8) is 0 Å². The summed E-state index contributed by atoms with van der Waals surface area (Å²) >= 11 is 4.95. The Morgan fingerprint density at radius 3 is 1.83 bits per heavy atom. The fourth-order valence-corrected chi connectivity index (χ4v) is 3.03. The van der Waals surface area contributed by atoms with Crippen molar-refractivity contribution in [1.29, 1.82) is 0 Å². The fourth-order valence-electron chi connectivity index (χ4n) is 1.72. The maximum absolute atomic E-state index is 11.2. The van der Waals surface area contributed by atoms with E-state index in [1.54, 1.807) is 24.3 Å². The molecule has 11 heteroatoms. The van der Waals surface area contributed by atoms with Gasteiger partial charge < -0.3 is 0 Å². The Hall–Kier alpha value is -2.66. The third kappa shape index (κ3) is 3.57. The molecule has 0 saturated carbocycles. The van der Waals surface area contributed by atoms with E-state index in [2.05, 4.69) is 12.6 Å². The van der Waals surface area contributed by atoms with E-state index in [1.165, 1.54) is 0 Å². The molecule has 9 nitrogen and oxygen atoms in total. The van der Waals surface area contributed by atoms with Crippen molar-refractivity contribution < 1.29 is 14.8 Å². The minimum Gasteiger partial charge on any atom is -0.258 e. The van der Waals surface area contributed by atoms with Crippen molar-refractivity contribution in [2.75, 3.05) is 0 Å². The molecule has 0 aliphatic heterocycles. The third-order valence-corrected chi connectivity index (χ3v) is 4.46. The van der Waals surface area contributed by atoms with Crippen LogP contribution in [0.15, 0.2) is 51.1 Å². The first-order valence-electron chi connectivity index (χ1n) is 5.88. The average Bonchev–Trinajstić information content (AvgIpc) is 2.48. The van der Waals surface area contributed by atoms with Crippen LogP contribution in [0.3, 0.4) is 0 Å². The Kier molecular flexibility index (Phi) is 4.81. The van der Waals surface area contributed by atoms with Crippen LogP contribution < -0.4 is 0 Å². The van der Waals surface area contributed by atoms with Gasteiger partial charge in [0.25, 0.3) is 17.1 Å². The first-order chi connectivity index (χ1) is 10.8. The van der Waals surface area contributed by atoms with Gasteiger partial charge in [-0.25, -0.2) is 0 Å². The summed E-state index contributed by atoms with van der Waals surface area (Å²) in [5, 5.41) is 33.2. The quantitative estimate of drug-likeness (QED) is 0.491. The lowest BCUT2D eigenvalue weighted by Crippen LogP contribution is -2.00. The smallest absolute Gasteiger partial charge is 0.258 e. The van der Waals surface area contributed by atoms with Gasteiger partial charge in [0.1, 0.15) is 0 Å². The van der Waals surface area contributed by atoms with E-state index >= 15 is 0 Å². The van der Waals surface area contributed by atoms with Gasteiger partial charge in [-0.3, -0.25) is 30.3 Å². The number of hydrogen-bond acceptors (Lipinski definition) is 8. The number of nitro benzene ring substituents is 3. The normalized spacial score (nSPS) is 10.3. The minimum atomic E-state index is -0.916. The number of thiol groups is 1. The highest BCUT2D eigenvalue weighted by Gasteiger charge is 2.31. The van der Waals surface area contributed by atoms with Crippen molar-refractivity contribution in [3.8, 4) is 0 Å². The van der Waals surface area contributed by atoms with Crippen molar-refractivity contribution >= 4 is 41.5 Å². The molecule has 0 spiro atoms. The topological polar surface area (TPSA) is 129 Å². The Balaban J connectivity index is 2.69. The van der Waals surface area contributed by atoms with Crippen LogP contribution in [0.2, 0.25) is 0 Å². The van der Waals surface area contributed by atoms with Gasteiger partial charge in [0.05, 0.1) is 26.9 Å². The van der Waals surface area contributed by atoms with Crippen LogP contribution in [-0.2, 0) is 0 Å². The molecule has 0 fully saturated rings. The van der Waals surface area contributed by atoms with E-state index in [9.17, 15) is 30.3 Å². The predicted molar refractivity (Wildman–Crippen MR) is 84.2 cm³/mol. The Morgan fingerprint density at radius 1 is 0.870 bits per heavy atom. The van der Waals surface area contributed by atoms with Gasteiger partial charge in [0, 0.05) is 9.79 Å². The van der Waals surface area contributed by atoms with E-state index in [1.807, 2.05) is 0 Å². The fraction of sp³-hybridized carbons (Fsp3) is 0. The highest BCUT2D eigenvalue weighted by atomic mass is 32.2. The summed E-state index contributed by atoms with van der Waals surface area (Å²) in [6.07, 6.45) is 0. The highest BCUT2D eigenvalue weighted by molar-refractivity contribution is 8.00. The second-order valence-corrected chi connectivity index (χ2v) is 5.69. The highest BCUT2D eigenvalue weighted by Crippen LogP contribution is 2.45. The second kappa shape index (κ2) is 6.62. The average molecular weight is 353 g/mol. The first kappa shape index (κ1) is 16.7. The molecular weight excluding hydrogens is 346 g/mol. The summed E-state index contributed by atoms with van der Waals surface area (Å²) in [7, 11) is 0. The second-order valence-electron chi connectivity index (χ2n) is 4.15. The largest absolute Gasteiger partial charge is 0.297 e. The van der Waals surface area contributed by atoms with Crippen LogP contribution >= 0.6 is 24.4 Å². The lowest BCUT2D eigenvalue weighted by molar-refractivity contribution is -0.407. The summed E-state index contributed by atoms with van der Waals surface area (Å²) in [5.74, 6) is 0. The van der Waals surface area contributed by atoms with Crippen LogP contribution in [0, 0.1) is 30.3 Å². The molecule has 0 N–H and O–H groups in total. The Morgan fingerprint density at radius 2 is 1.39 bits per heavy atom. The van der Waals surface area contributed by atoms with Gasteiger partial charge in [-0.1, -0.05) is 23.9 Å². The van der Waals surface area contributed by atoms with Crippen molar-refractivity contribution in [3.05, 3.63) is 66.7 Å². The van der Waals surface area contributed by atoms with E-state index in [-0.39, 0.29) is 4.90 Å². The summed E-state index contributed by atoms with van der Waals surface area (Å²) in [6.45, 7) is 0. The van der Waals surface area contributed by atoms with E-state index in [4.69, 9.17) is 0 Å². The van der Waals surface area contributed by atoms with Gasteiger partial charge in [-0.05, 0) is 12.1 Å². The maximum atomic E-state index is 11.2. The molecular formula is C12H7N3O6S2. The summed E-state index contributed by atoms with van der Waals surface area (Å²) in [6, 6.07) is 7.94. The molecule has 2 aromatic carbocycles. The molecule has 2 rings (SSSR count). The number of nitro groups is 3. The standard InChI is InChI=1S/C12H7N3O6S2/c16-13(17)7-5-8(14(18)19)12(9(6-7)15(20)21)23-11-4-2-1-3-10(11)22/h1-6,22H. The molecule has 0 saturated heterocycles. The molecule has 0 aromatic heterocycles. The first-order valence-corrected chi connectivity index (χ1v) is 7.14. The molecule has 0 radical (unpaired) electrons. The maximum Gasteiger partial charge on any atom is 0.297 e. The van der Waals surface area contributed by atoms with Gasteiger partial charge in [-0.2, -0.15) is 0 Å².